The Morgan fingerprint density at radius 2 is 1.82 bits per heavy atom. The van der Waals surface area contributed by atoms with Gasteiger partial charge in [-0.15, -0.1) is 0 Å². The van der Waals surface area contributed by atoms with Crippen LogP contribution in [0.4, 0.5) is 5.69 Å². The molecule has 0 aliphatic carbocycles. The fraction of sp³-hybridized carbons (Fsp3) is 0.214. The van der Waals surface area contributed by atoms with Gasteiger partial charge in [0.05, 0.1) is 5.69 Å². The van der Waals surface area contributed by atoms with Gasteiger partial charge < -0.3 is 5.32 Å². The van der Waals surface area contributed by atoms with E-state index in [-0.39, 0.29) is 5.91 Å². The molecule has 0 aliphatic heterocycles. The fourth-order valence-electron chi connectivity index (χ4n) is 2.11. The van der Waals surface area contributed by atoms with E-state index in [4.69, 9.17) is 0 Å². The van der Waals surface area contributed by atoms with Crippen LogP contribution < -0.4 is 5.32 Å². The summed E-state index contributed by atoms with van der Waals surface area (Å²) in [6, 6.07) is 0. The second-order valence-corrected chi connectivity index (χ2v) is 4.64. The maximum Gasteiger partial charge on any atom is 0.237 e. The third-order valence-corrected chi connectivity index (χ3v) is 3.07. The number of hydrogen-bond donors (Lipinski definition) is 1. The van der Waals surface area contributed by atoms with Crippen LogP contribution in [0.2, 0.25) is 0 Å². The van der Waals surface area contributed by atoms with E-state index in [1.807, 2.05) is 6.92 Å². The molecule has 0 saturated carbocycles. The molecule has 0 aliphatic rings. The second-order valence-electron chi connectivity index (χ2n) is 4.64. The van der Waals surface area contributed by atoms with Crippen molar-refractivity contribution in [3.05, 3.63) is 43.1 Å². The lowest BCUT2D eigenvalue weighted by Crippen LogP contribution is -2.16. The average molecular weight is 297 g/mol. The van der Waals surface area contributed by atoms with Crippen LogP contribution in [0.5, 0.6) is 0 Å². The van der Waals surface area contributed by atoms with Crippen molar-refractivity contribution in [1.82, 2.24) is 29.1 Å². The van der Waals surface area contributed by atoms with Gasteiger partial charge in [-0.3, -0.25) is 13.9 Å². The summed E-state index contributed by atoms with van der Waals surface area (Å²) in [5, 5.41) is 2.82. The zero-order valence-corrected chi connectivity index (χ0v) is 12.3. The van der Waals surface area contributed by atoms with Crippen LogP contribution in [0, 0.1) is 0 Å². The Bertz CT molecular complexity index is 778. The predicted molar refractivity (Wildman–Crippen MR) is 80.0 cm³/mol. The second kappa shape index (κ2) is 5.76. The number of carbonyl (C=O) groups is 1. The Hall–Kier alpha value is -3.03. The normalized spacial score (nSPS) is 10.6. The van der Waals surface area contributed by atoms with Gasteiger partial charge in [-0.05, 0) is 6.42 Å². The molecule has 8 nitrogen and oxygen atoms in total. The Kier molecular flexibility index (Phi) is 3.65. The van der Waals surface area contributed by atoms with Crippen LogP contribution in [0.1, 0.15) is 19.5 Å². The summed E-state index contributed by atoms with van der Waals surface area (Å²) in [6.07, 6.45) is 10.8. The van der Waals surface area contributed by atoms with Crippen LogP contribution in [-0.2, 0) is 11.2 Å². The van der Waals surface area contributed by atoms with E-state index in [1.54, 1.807) is 46.6 Å². The summed E-state index contributed by atoms with van der Waals surface area (Å²) in [7, 11) is 0. The highest BCUT2D eigenvalue weighted by Gasteiger charge is 2.16. The molecule has 22 heavy (non-hydrogen) atoms. The highest BCUT2D eigenvalue weighted by Crippen LogP contribution is 2.23. The van der Waals surface area contributed by atoms with Crippen LogP contribution >= 0.6 is 0 Å². The Morgan fingerprint density at radius 3 is 2.36 bits per heavy atom. The Labute approximate surface area is 126 Å². The Balaban J connectivity index is 2.22. The van der Waals surface area contributed by atoms with E-state index in [2.05, 4.69) is 25.3 Å². The minimum Gasteiger partial charge on any atom is -0.322 e. The van der Waals surface area contributed by atoms with Crippen molar-refractivity contribution in [1.29, 1.82) is 0 Å². The Morgan fingerprint density at radius 1 is 1.14 bits per heavy atom. The maximum absolute atomic E-state index is 11.5. The molecule has 8 heteroatoms. The predicted octanol–water partition coefficient (Wildman–Crippen LogP) is 1.37. The highest BCUT2D eigenvalue weighted by molar-refractivity contribution is 5.91. The fourth-order valence-corrected chi connectivity index (χ4v) is 2.11. The lowest BCUT2D eigenvalue weighted by Gasteiger charge is -2.15. The summed E-state index contributed by atoms with van der Waals surface area (Å²) in [6.45, 7) is 3.43. The molecule has 0 saturated heterocycles. The van der Waals surface area contributed by atoms with Crippen molar-refractivity contribution in [2.45, 2.75) is 20.3 Å². The van der Waals surface area contributed by atoms with Gasteiger partial charge in [0.25, 0.3) is 0 Å². The van der Waals surface area contributed by atoms with Crippen LogP contribution in [0.25, 0.3) is 11.8 Å². The lowest BCUT2D eigenvalue weighted by molar-refractivity contribution is -0.114. The average Bonchev–Trinajstić information content (AvgIpc) is 3.20. The van der Waals surface area contributed by atoms with E-state index in [9.17, 15) is 4.79 Å². The standard InChI is InChI=1S/C14H15N7O/c1-3-11-12(17-10(2)22)13(20-6-4-15-8-20)19-14(18-11)21-7-5-16-9-21/h4-9H,3H2,1-2H3,(H,17,22). The van der Waals surface area contributed by atoms with Crippen molar-refractivity contribution in [3.63, 3.8) is 0 Å². The zero-order chi connectivity index (χ0) is 15.5. The summed E-state index contributed by atoms with van der Waals surface area (Å²) < 4.78 is 3.46. The SMILES string of the molecule is CCc1nc(-n2ccnc2)nc(-n2ccnc2)c1NC(C)=O. The molecule has 0 radical (unpaired) electrons. The molecular weight excluding hydrogens is 282 g/mol. The third-order valence-electron chi connectivity index (χ3n) is 3.07. The summed E-state index contributed by atoms with van der Waals surface area (Å²) in [4.78, 5) is 28.6. The van der Waals surface area contributed by atoms with Crippen molar-refractivity contribution in [2.24, 2.45) is 0 Å². The number of anilines is 1. The number of nitrogens with zero attached hydrogens (tertiary/aromatic N) is 6. The number of hydrogen-bond acceptors (Lipinski definition) is 5. The molecule has 3 aromatic rings. The van der Waals surface area contributed by atoms with Crippen molar-refractivity contribution < 1.29 is 4.79 Å². The van der Waals surface area contributed by atoms with Crippen LogP contribution in [0.3, 0.4) is 0 Å². The number of rotatable bonds is 4. The van der Waals surface area contributed by atoms with Gasteiger partial charge in [-0.2, -0.15) is 4.98 Å². The molecule has 0 atom stereocenters. The smallest absolute Gasteiger partial charge is 0.237 e. The topological polar surface area (TPSA) is 90.5 Å². The van der Waals surface area contributed by atoms with E-state index < -0.39 is 0 Å². The third kappa shape index (κ3) is 2.58. The van der Waals surface area contributed by atoms with Gasteiger partial charge in [0.2, 0.25) is 11.9 Å². The van der Waals surface area contributed by atoms with E-state index in [0.717, 1.165) is 5.69 Å². The van der Waals surface area contributed by atoms with E-state index in [1.165, 1.54) is 6.92 Å². The molecule has 112 valence electrons. The van der Waals surface area contributed by atoms with E-state index >= 15 is 0 Å². The van der Waals surface area contributed by atoms with Crippen molar-refractivity contribution in [3.8, 4) is 11.8 Å². The number of nitrogens with one attached hydrogen (secondary N) is 1. The number of amides is 1. The van der Waals surface area contributed by atoms with E-state index in [0.29, 0.717) is 23.9 Å². The molecule has 3 aromatic heterocycles. The summed E-state index contributed by atoms with van der Waals surface area (Å²) in [5.41, 5.74) is 1.34. The molecule has 1 amide bonds. The first-order valence-corrected chi connectivity index (χ1v) is 6.84. The van der Waals surface area contributed by atoms with Crippen LogP contribution in [-0.4, -0.2) is 35.0 Å². The zero-order valence-electron chi connectivity index (χ0n) is 12.3. The molecule has 0 fully saturated rings. The van der Waals surface area contributed by atoms with Gasteiger partial charge >= 0.3 is 0 Å². The van der Waals surface area contributed by atoms with Crippen LogP contribution in [0.15, 0.2) is 37.4 Å². The first-order valence-electron chi connectivity index (χ1n) is 6.84. The minimum absolute atomic E-state index is 0.171. The largest absolute Gasteiger partial charge is 0.322 e. The van der Waals surface area contributed by atoms with Crippen molar-refractivity contribution >= 4 is 11.6 Å². The van der Waals surface area contributed by atoms with Gasteiger partial charge in [0.15, 0.2) is 5.82 Å². The molecule has 3 rings (SSSR count). The maximum atomic E-state index is 11.5. The molecule has 0 spiro atoms. The van der Waals surface area contributed by atoms with Gasteiger partial charge in [-0.1, -0.05) is 6.92 Å². The summed E-state index contributed by atoms with van der Waals surface area (Å²) in [5.74, 6) is 0.894. The minimum atomic E-state index is -0.171. The molecule has 0 aromatic carbocycles. The van der Waals surface area contributed by atoms with Crippen molar-refractivity contribution in [2.75, 3.05) is 5.32 Å². The number of aryl methyl sites for hydroxylation is 1. The number of aromatic nitrogens is 6. The highest BCUT2D eigenvalue weighted by atomic mass is 16.1. The van der Waals surface area contributed by atoms with Gasteiger partial charge in [0, 0.05) is 31.7 Å². The summed E-state index contributed by atoms with van der Waals surface area (Å²) >= 11 is 0. The van der Waals surface area contributed by atoms with Gasteiger partial charge in [0.1, 0.15) is 18.3 Å². The molecule has 0 unspecified atom stereocenters. The molecule has 0 bridgehead atoms. The first kappa shape index (κ1) is 13.9. The molecular formula is C14H15N7O. The number of carbonyl (C=O) groups excluding carboxylic acids is 1. The molecule has 1 N–H and O–H groups in total. The first-order chi connectivity index (χ1) is 10.7. The molecule has 3 heterocycles. The quantitative estimate of drug-likeness (QED) is 0.785. The monoisotopic (exact) mass is 297 g/mol. The van der Waals surface area contributed by atoms with Gasteiger partial charge in [-0.25, -0.2) is 15.0 Å². The number of imidazole rings is 2. The lowest BCUT2D eigenvalue weighted by atomic mass is 10.2.